The first-order valence-corrected chi connectivity index (χ1v) is 12.7. The second kappa shape index (κ2) is 10.1. The van der Waals surface area contributed by atoms with Gasteiger partial charge in [0.1, 0.15) is 0 Å². The molecule has 2 aliphatic rings. The van der Waals surface area contributed by atoms with Crippen LogP contribution in [0.5, 0.6) is 0 Å². The molecule has 0 spiro atoms. The maximum atomic E-state index is 13.2. The lowest BCUT2D eigenvalue weighted by molar-refractivity contribution is -0.128. The van der Waals surface area contributed by atoms with Gasteiger partial charge in [-0.1, -0.05) is 61.9 Å². The number of benzene rings is 1. The highest BCUT2D eigenvalue weighted by atomic mass is 32.2. The molecule has 0 N–H and O–H groups in total. The fraction of sp³-hybridized carbons (Fsp3) is 0.522. The number of carbonyl (C=O) groups is 1. The Kier molecular flexibility index (Phi) is 7.20. The Balaban J connectivity index is 1.53. The van der Waals surface area contributed by atoms with Crippen molar-refractivity contribution in [1.29, 1.82) is 0 Å². The van der Waals surface area contributed by atoms with Crippen LogP contribution in [0.4, 0.5) is 0 Å². The molecule has 1 unspecified atom stereocenters. The predicted octanol–water partition coefficient (Wildman–Crippen LogP) is 4.02. The fourth-order valence-corrected chi connectivity index (χ4v) is 6.12. The van der Waals surface area contributed by atoms with E-state index in [9.17, 15) is 9.59 Å². The second-order valence-electron chi connectivity index (χ2n) is 8.08. The maximum Gasteiger partial charge on any atom is 0.268 e. The molecule has 1 saturated heterocycles. The number of aromatic nitrogens is 2. The van der Waals surface area contributed by atoms with E-state index in [2.05, 4.69) is 19.1 Å². The third-order valence-electron chi connectivity index (χ3n) is 5.71. The van der Waals surface area contributed by atoms with Crippen molar-refractivity contribution in [2.45, 2.75) is 67.3 Å². The third kappa shape index (κ3) is 5.11. The second-order valence-corrected chi connectivity index (χ2v) is 10.5. The van der Waals surface area contributed by atoms with Crippen molar-refractivity contribution < 1.29 is 4.79 Å². The van der Waals surface area contributed by atoms with Crippen molar-refractivity contribution in [3.05, 3.63) is 51.9 Å². The molecule has 5 nitrogen and oxygen atoms in total. The lowest BCUT2D eigenvalue weighted by Gasteiger charge is -2.20. The van der Waals surface area contributed by atoms with E-state index in [4.69, 9.17) is 4.98 Å². The van der Waals surface area contributed by atoms with Gasteiger partial charge in [-0.15, -0.1) is 11.8 Å². The Hall–Kier alpha value is -1.73. The average molecular weight is 444 g/mol. The molecule has 3 heterocycles. The van der Waals surface area contributed by atoms with E-state index in [0.29, 0.717) is 22.7 Å². The molecule has 1 fully saturated rings. The highest BCUT2D eigenvalue weighted by Gasteiger charge is 2.27. The van der Waals surface area contributed by atoms with E-state index < -0.39 is 0 Å². The van der Waals surface area contributed by atoms with Crippen LogP contribution < -0.4 is 5.56 Å². The summed E-state index contributed by atoms with van der Waals surface area (Å²) in [5.74, 6) is 0.508. The van der Waals surface area contributed by atoms with Crippen molar-refractivity contribution in [3.8, 4) is 0 Å². The van der Waals surface area contributed by atoms with Gasteiger partial charge in [0, 0.05) is 31.3 Å². The summed E-state index contributed by atoms with van der Waals surface area (Å²) >= 11 is 3.05. The molecule has 2 aliphatic heterocycles. The first-order valence-electron chi connectivity index (χ1n) is 10.9. The van der Waals surface area contributed by atoms with E-state index in [-0.39, 0.29) is 11.5 Å². The number of hydrogen-bond donors (Lipinski definition) is 0. The van der Waals surface area contributed by atoms with Gasteiger partial charge >= 0.3 is 0 Å². The van der Waals surface area contributed by atoms with Crippen LogP contribution in [0.3, 0.4) is 0 Å². The molecule has 2 aromatic rings. The van der Waals surface area contributed by atoms with Gasteiger partial charge in [0.05, 0.1) is 16.3 Å². The first-order chi connectivity index (χ1) is 14.6. The summed E-state index contributed by atoms with van der Waals surface area (Å²) in [6, 6.07) is 10.2. The predicted molar refractivity (Wildman–Crippen MR) is 123 cm³/mol. The molecule has 4 rings (SSSR count). The van der Waals surface area contributed by atoms with Crippen molar-refractivity contribution in [3.63, 3.8) is 0 Å². The van der Waals surface area contributed by atoms with Gasteiger partial charge in [-0.25, -0.2) is 4.98 Å². The first kappa shape index (κ1) is 21.5. The lowest BCUT2D eigenvalue weighted by Crippen LogP contribution is -2.33. The Labute approximate surface area is 186 Å². The van der Waals surface area contributed by atoms with Crippen LogP contribution in [0.2, 0.25) is 0 Å². The summed E-state index contributed by atoms with van der Waals surface area (Å²) in [6.07, 6.45) is 6.18. The van der Waals surface area contributed by atoms with Crippen LogP contribution in [0, 0.1) is 0 Å². The number of fused-ring (bicyclic) bond motifs is 1. The number of amides is 1. The SMILES string of the molecule is CC1Cc2nc(SCC(=O)N3CCCCCC3)n(CCc3ccccc3)c(=O)c2S1. The van der Waals surface area contributed by atoms with Gasteiger partial charge in [-0.05, 0) is 24.8 Å². The van der Waals surface area contributed by atoms with Gasteiger partial charge in [-0.2, -0.15) is 0 Å². The van der Waals surface area contributed by atoms with Crippen molar-refractivity contribution in [2.75, 3.05) is 18.8 Å². The minimum atomic E-state index is 0.0509. The molecule has 7 heteroatoms. The molecule has 0 aliphatic carbocycles. The standard InChI is InChI=1S/C23H29N3O2S2/c1-17-15-19-21(30-17)22(28)26(14-11-18-9-5-4-6-10-18)23(24-19)29-16-20(27)25-12-7-2-3-8-13-25/h4-6,9-10,17H,2-3,7-8,11-16H2,1H3. The lowest BCUT2D eigenvalue weighted by atomic mass is 10.1. The van der Waals surface area contributed by atoms with Crippen molar-refractivity contribution in [1.82, 2.24) is 14.5 Å². The monoisotopic (exact) mass is 443 g/mol. The third-order valence-corrected chi connectivity index (χ3v) is 7.89. The molecule has 0 saturated carbocycles. The molecule has 160 valence electrons. The van der Waals surface area contributed by atoms with Gasteiger partial charge in [0.15, 0.2) is 5.16 Å². The number of nitrogens with zero attached hydrogens (tertiary/aromatic N) is 3. The quantitative estimate of drug-likeness (QED) is 0.499. The number of carbonyl (C=O) groups excluding carboxylic acids is 1. The summed E-state index contributed by atoms with van der Waals surface area (Å²) in [5, 5.41) is 1.06. The summed E-state index contributed by atoms with van der Waals surface area (Å²) in [4.78, 5) is 33.6. The zero-order valence-corrected chi connectivity index (χ0v) is 19.1. The Morgan fingerprint density at radius 2 is 1.90 bits per heavy atom. The number of likely N-dealkylation sites (tertiary alicyclic amines) is 1. The smallest absolute Gasteiger partial charge is 0.268 e. The molecule has 1 atom stereocenters. The summed E-state index contributed by atoms with van der Waals surface area (Å²) in [7, 11) is 0. The molecular formula is C23H29N3O2S2. The van der Waals surface area contributed by atoms with Gasteiger partial charge in [0.25, 0.3) is 5.56 Å². The highest BCUT2D eigenvalue weighted by Crippen LogP contribution is 2.34. The van der Waals surface area contributed by atoms with Gasteiger partial charge in [-0.3, -0.25) is 14.2 Å². The fourth-order valence-electron chi connectivity index (χ4n) is 4.06. The van der Waals surface area contributed by atoms with Crippen LogP contribution in [-0.4, -0.2) is 44.5 Å². The van der Waals surface area contributed by atoms with E-state index in [1.807, 2.05) is 23.1 Å². The number of rotatable bonds is 6. The van der Waals surface area contributed by atoms with Crippen LogP contribution in [0.1, 0.15) is 43.9 Å². The summed E-state index contributed by atoms with van der Waals surface area (Å²) in [5.41, 5.74) is 2.15. The molecule has 0 radical (unpaired) electrons. The molecule has 1 aromatic heterocycles. The maximum absolute atomic E-state index is 13.2. The molecule has 30 heavy (non-hydrogen) atoms. The Morgan fingerprint density at radius 1 is 1.17 bits per heavy atom. The van der Waals surface area contributed by atoms with Crippen molar-refractivity contribution >= 4 is 29.4 Å². The number of thioether (sulfide) groups is 2. The van der Waals surface area contributed by atoms with Crippen LogP contribution >= 0.6 is 23.5 Å². The Bertz CT molecular complexity index is 937. The molecule has 1 amide bonds. The Morgan fingerprint density at radius 3 is 2.63 bits per heavy atom. The summed E-state index contributed by atoms with van der Waals surface area (Å²) in [6.45, 7) is 4.42. The van der Waals surface area contributed by atoms with E-state index in [1.165, 1.54) is 30.2 Å². The number of aryl methyl sites for hydroxylation is 1. The van der Waals surface area contributed by atoms with E-state index in [0.717, 1.165) is 49.4 Å². The zero-order chi connectivity index (χ0) is 20.9. The molecule has 1 aromatic carbocycles. The van der Waals surface area contributed by atoms with E-state index in [1.54, 1.807) is 16.3 Å². The molecule has 0 bridgehead atoms. The molecular weight excluding hydrogens is 414 g/mol. The highest BCUT2D eigenvalue weighted by molar-refractivity contribution is 8.00. The minimum absolute atomic E-state index is 0.0509. The zero-order valence-electron chi connectivity index (χ0n) is 17.5. The summed E-state index contributed by atoms with van der Waals surface area (Å²) < 4.78 is 1.79. The number of hydrogen-bond acceptors (Lipinski definition) is 5. The topological polar surface area (TPSA) is 55.2 Å². The van der Waals surface area contributed by atoms with Crippen LogP contribution in [-0.2, 0) is 24.2 Å². The van der Waals surface area contributed by atoms with Crippen molar-refractivity contribution in [2.24, 2.45) is 0 Å². The van der Waals surface area contributed by atoms with E-state index >= 15 is 0 Å². The minimum Gasteiger partial charge on any atom is -0.342 e. The average Bonchev–Trinajstić information content (AvgIpc) is 2.95. The normalized spacial score (nSPS) is 18.8. The van der Waals surface area contributed by atoms with Crippen LogP contribution in [0.15, 0.2) is 45.2 Å². The van der Waals surface area contributed by atoms with Crippen LogP contribution in [0.25, 0.3) is 0 Å². The van der Waals surface area contributed by atoms with Gasteiger partial charge < -0.3 is 4.90 Å². The largest absolute Gasteiger partial charge is 0.342 e. The van der Waals surface area contributed by atoms with Gasteiger partial charge in [0.2, 0.25) is 5.91 Å².